The Kier molecular flexibility index (Phi) is 45.6. The molecule has 0 radical (unpaired) electrons. The zero-order valence-electron chi connectivity index (χ0n) is 39.1. The van der Waals surface area contributed by atoms with E-state index in [0.29, 0.717) is 19.3 Å². The summed E-state index contributed by atoms with van der Waals surface area (Å²) in [5.41, 5.74) is 0. The van der Waals surface area contributed by atoms with Crippen molar-refractivity contribution in [3.63, 3.8) is 0 Å². The van der Waals surface area contributed by atoms with E-state index >= 15 is 0 Å². The molecular formula is C55H88O6. The minimum atomic E-state index is -0.825. The van der Waals surface area contributed by atoms with Crippen LogP contribution in [0.4, 0.5) is 0 Å². The van der Waals surface area contributed by atoms with E-state index in [1.165, 1.54) is 51.4 Å². The van der Waals surface area contributed by atoms with E-state index in [1.54, 1.807) is 0 Å². The van der Waals surface area contributed by atoms with E-state index in [9.17, 15) is 14.4 Å². The lowest BCUT2D eigenvalue weighted by Gasteiger charge is -2.18. The second kappa shape index (κ2) is 48.7. The summed E-state index contributed by atoms with van der Waals surface area (Å²) in [6.07, 6.45) is 65.1. The Hall–Kier alpha value is -3.93. The van der Waals surface area contributed by atoms with Crippen molar-refractivity contribution in [2.24, 2.45) is 0 Å². The molecule has 6 nitrogen and oxygen atoms in total. The highest BCUT2D eigenvalue weighted by molar-refractivity contribution is 5.71. The van der Waals surface area contributed by atoms with Gasteiger partial charge >= 0.3 is 17.9 Å². The molecule has 1 atom stereocenters. The molecule has 0 unspecified atom stereocenters. The van der Waals surface area contributed by atoms with Crippen LogP contribution in [0.5, 0.6) is 0 Å². The molecule has 0 spiro atoms. The Labute approximate surface area is 374 Å². The zero-order valence-corrected chi connectivity index (χ0v) is 39.1. The summed E-state index contributed by atoms with van der Waals surface area (Å²) < 4.78 is 16.7. The predicted octanol–water partition coefficient (Wildman–Crippen LogP) is 16.0. The van der Waals surface area contributed by atoms with Gasteiger partial charge in [-0.15, -0.1) is 0 Å². The number of rotatable bonds is 42. The Morgan fingerprint density at radius 1 is 0.344 bits per heavy atom. The number of hydrogen-bond donors (Lipinski definition) is 0. The molecule has 0 aromatic carbocycles. The van der Waals surface area contributed by atoms with Crippen LogP contribution in [0.1, 0.15) is 201 Å². The Balaban J connectivity index is 4.57. The third-order valence-electron chi connectivity index (χ3n) is 9.73. The van der Waals surface area contributed by atoms with Crippen molar-refractivity contribution in [1.29, 1.82) is 0 Å². The van der Waals surface area contributed by atoms with Crippen LogP contribution < -0.4 is 0 Å². The van der Waals surface area contributed by atoms with E-state index in [0.717, 1.165) is 96.3 Å². The minimum absolute atomic E-state index is 0.119. The zero-order chi connectivity index (χ0) is 44.4. The number of allylic oxidation sites excluding steroid dienone is 18. The molecule has 0 aliphatic rings. The molecule has 0 saturated heterocycles. The first-order chi connectivity index (χ1) is 30.0. The van der Waals surface area contributed by atoms with Gasteiger partial charge in [0.15, 0.2) is 6.10 Å². The summed E-state index contributed by atoms with van der Waals surface area (Å²) >= 11 is 0. The third kappa shape index (κ3) is 47.0. The maximum Gasteiger partial charge on any atom is 0.306 e. The van der Waals surface area contributed by atoms with Crippen LogP contribution in [0.3, 0.4) is 0 Å². The van der Waals surface area contributed by atoms with Crippen LogP contribution in [-0.4, -0.2) is 37.2 Å². The summed E-state index contributed by atoms with van der Waals surface area (Å²) in [4.78, 5) is 37.8. The van der Waals surface area contributed by atoms with Gasteiger partial charge in [-0.1, -0.05) is 175 Å². The molecule has 0 amide bonds. The Morgan fingerprint density at radius 2 is 0.672 bits per heavy atom. The fourth-order valence-corrected chi connectivity index (χ4v) is 6.05. The number of carbonyl (C=O) groups is 3. The van der Waals surface area contributed by atoms with Crippen LogP contribution in [0.25, 0.3) is 0 Å². The molecule has 0 fully saturated rings. The smallest absolute Gasteiger partial charge is 0.306 e. The van der Waals surface area contributed by atoms with Crippen molar-refractivity contribution in [3.8, 4) is 0 Å². The van der Waals surface area contributed by atoms with Gasteiger partial charge in [0.25, 0.3) is 0 Å². The molecule has 0 saturated carbocycles. The average molecular weight is 845 g/mol. The molecule has 0 heterocycles. The van der Waals surface area contributed by atoms with Crippen molar-refractivity contribution in [2.45, 2.75) is 207 Å². The largest absolute Gasteiger partial charge is 0.462 e. The Bertz CT molecular complexity index is 1290. The van der Waals surface area contributed by atoms with Gasteiger partial charge in [-0.25, -0.2) is 0 Å². The lowest BCUT2D eigenvalue weighted by molar-refractivity contribution is -0.167. The molecule has 0 aromatic heterocycles. The maximum absolute atomic E-state index is 12.7. The molecule has 0 rings (SSSR count). The van der Waals surface area contributed by atoms with E-state index in [1.807, 2.05) is 0 Å². The molecule has 6 heteroatoms. The first-order valence-electron chi connectivity index (χ1n) is 24.4. The standard InChI is InChI=1S/C55H88O6/c1-4-7-10-13-16-19-22-24-26-27-29-30-33-36-39-42-45-48-54(57)60-51-52(50-59-53(56)47-44-41-38-35-32-21-18-15-12-9-6-3)61-55(58)49-46-43-40-37-34-31-28-25-23-20-17-14-11-8-5-2/h8,11,15-20,24-26,28-30,34,36-37,39,52H,4-7,9-10,12-14,21-23,27,31-33,35,38,40-51H2,1-3H3/b11-8-,18-15-,19-16-,20-17-,26-24-,28-25-,30-29-,37-34-,39-36-/t52-/m1/s1. The first-order valence-corrected chi connectivity index (χ1v) is 24.4. The molecule has 0 aliphatic heterocycles. The highest BCUT2D eigenvalue weighted by Gasteiger charge is 2.19. The number of unbranched alkanes of at least 4 members (excludes halogenated alkanes) is 13. The lowest BCUT2D eigenvalue weighted by atomic mass is 10.1. The quantitative estimate of drug-likeness (QED) is 0.0264. The summed E-state index contributed by atoms with van der Waals surface area (Å²) in [5, 5.41) is 0. The maximum atomic E-state index is 12.7. The number of ether oxygens (including phenoxy) is 3. The highest BCUT2D eigenvalue weighted by Crippen LogP contribution is 2.11. The van der Waals surface area contributed by atoms with Crippen molar-refractivity contribution in [2.75, 3.05) is 13.2 Å². The second-order valence-corrected chi connectivity index (χ2v) is 15.6. The molecule has 0 aromatic rings. The topological polar surface area (TPSA) is 78.9 Å². The molecule has 0 N–H and O–H groups in total. The molecular weight excluding hydrogens is 757 g/mol. The van der Waals surface area contributed by atoms with Crippen LogP contribution in [0, 0.1) is 0 Å². The van der Waals surface area contributed by atoms with Gasteiger partial charge in [-0.3, -0.25) is 14.4 Å². The normalized spacial score (nSPS) is 13.0. The summed E-state index contributed by atoms with van der Waals surface area (Å²) in [7, 11) is 0. The van der Waals surface area contributed by atoms with E-state index in [4.69, 9.17) is 14.2 Å². The van der Waals surface area contributed by atoms with Crippen LogP contribution in [-0.2, 0) is 28.6 Å². The number of carbonyl (C=O) groups excluding carboxylic acids is 3. The van der Waals surface area contributed by atoms with E-state index in [-0.39, 0.29) is 44.0 Å². The second-order valence-electron chi connectivity index (χ2n) is 15.6. The fraction of sp³-hybridized carbons (Fsp3) is 0.618. The van der Waals surface area contributed by atoms with Gasteiger partial charge in [-0.05, 0) is 116 Å². The lowest BCUT2D eigenvalue weighted by Crippen LogP contribution is -2.30. The van der Waals surface area contributed by atoms with Crippen molar-refractivity contribution < 1.29 is 28.6 Å². The molecule has 0 aliphatic carbocycles. The average Bonchev–Trinajstić information content (AvgIpc) is 3.26. The monoisotopic (exact) mass is 845 g/mol. The molecule has 0 bridgehead atoms. The van der Waals surface area contributed by atoms with Crippen LogP contribution in [0.2, 0.25) is 0 Å². The van der Waals surface area contributed by atoms with Crippen LogP contribution in [0.15, 0.2) is 109 Å². The first kappa shape index (κ1) is 57.1. The van der Waals surface area contributed by atoms with Gasteiger partial charge in [0.2, 0.25) is 0 Å². The van der Waals surface area contributed by atoms with E-state index < -0.39 is 6.10 Å². The van der Waals surface area contributed by atoms with Gasteiger partial charge in [0.1, 0.15) is 13.2 Å². The predicted molar refractivity (Wildman–Crippen MR) is 260 cm³/mol. The van der Waals surface area contributed by atoms with Crippen LogP contribution >= 0.6 is 0 Å². The Morgan fingerprint density at radius 3 is 1.16 bits per heavy atom. The summed E-state index contributed by atoms with van der Waals surface area (Å²) in [5.74, 6) is -1.04. The molecule has 61 heavy (non-hydrogen) atoms. The SMILES string of the molecule is CC/C=C\C/C=C\C/C=C\C/C=C\CCCCC(=O)O[C@@H](COC(=O)CCC/C=C\C/C=C\C/C=C\C/C=C\CCCCC)COC(=O)CCCCCCC/C=C\CCCC. The summed E-state index contributed by atoms with van der Waals surface area (Å²) in [6.45, 7) is 6.34. The van der Waals surface area contributed by atoms with Crippen molar-refractivity contribution in [3.05, 3.63) is 109 Å². The molecule has 344 valence electrons. The summed E-state index contributed by atoms with van der Waals surface area (Å²) in [6, 6.07) is 0. The van der Waals surface area contributed by atoms with Crippen molar-refractivity contribution >= 4 is 17.9 Å². The van der Waals surface area contributed by atoms with Gasteiger partial charge in [0.05, 0.1) is 0 Å². The van der Waals surface area contributed by atoms with Gasteiger partial charge < -0.3 is 14.2 Å². The number of hydrogen-bond acceptors (Lipinski definition) is 6. The van der Waals surface area contributed by atoms with E-state index in [2.05, 4.69) is 130 Å². The van der Waals surface area contributed by atoms with Crippen molar-refractivity contribution in [1.82, 2.24) is 0 Å². The van der Waals surface area contributed by atoms with Gasteiger partial charge in [0, 0.05) is 19.3 Å². The highest BCUT2D eigenvalue weighted by atomic mass is 16.6. The fourth-order valence-electron chi connectivity index (χ4n) is 6.05. The van der Waals surface area contributed by atoms with Gasteiger partial charge in [-0.2, -0.15) is 0 Å². The minimum Gasteiger partial charge on any atom is -0.462 e. The third-order valence-corrected chi connectivity index (χ3v) is 9.73. The number of esters is 3.